The van der Waals surface area contributed by atoms with Crippen LogP contribution in [0.25, 0.3) is 130 Å². The molecule has 0 spiro atoms. The zero-order chi connectivity index (χ0) is 52.2. The van der Waals surface area contributed by atoms with Crippen LogP contribution in [0.3, 0.4) is 0 Å². The summed E-state index contributed by atoms with van der Waals surface area (Å²) >= 11 is 6.90. The van der Waals surface area contributed by atoms with Gasteiger partial charge in [-0.2, -0.15) is 0 Å². The lowest BCUT2D eigenvalue weighted by Crippen LogP contribution is -1.86. The van der Waals surface area contributed by atoms with E-state index in [1.807, 2.05) is 24.3 Å². The van der Waals surface area contributed by atoms with Crippen molar-refractivity contribution in [1.29, 1.82) is 0 Å². The molecule has 0 amide bonds. The van der Waals surface area contributed by atoms with Crippen molar-refractivity contribution in [2.24, 2.45) is 0 Å². The lowest BCUT2D eigenvalue weighted by molar-refractivity contribution is 0.487. The van der Waals surface area contributed by atoms with E-state index in [1.165, 1.54) is 19.6 Å². The minimum atomic E-state index is -2.14. The molecule has 0 saturated carbocycles. The van der Waals surface area contributed by atoms with Crippen LogP contribution in [0.5, 0.6) is 11.5 Å². The van der Waals surface area contributed by atoms with Gasteiger partial charge in [0.2, 0.25) is 0 Å². The fraction of sp³-hybridized carbons (Fsp3) is 0.0606. The molecule has 15 aromatic rings. The quantitative estimate of drug-likeness (QED) is 0.109. The smallest absolute Gasteiger partial charge is 0.391 e. The predicted octanol–water partition coefficient (Wildman–Crippen LogP) is 22.7. The molecule has 0 bridgehead atoms. The molecule has 378 valence electrons. The number of rotatable bonds is 8. The maximum absolute atomic E-state index is 7.27. The van der Waals surface area contributed by atoms with Crippen LogP contribution < -0.4 is 9.05 Å². The van der Waals surface area contributed by atoms with Crippen LogP contribution in [0.4, 0.5) is 0 Å². The fourth-order valence-electron chi connectivity index (χ4n) is 11.6. The van der Waals surface area contributed by atoms with E-state index in [0.29, 0.717) is 33.8 Å². The van der Waals surface area contributed by atoms with Gasteiger partial charge >= 0.3 is 16.5 Å². The van der Waals surface area contributed by atoms with Gasteiger partial charge < -0.3 is 25.8 Å². The van der Waals surface area contributed by atoms with E-state index in [1.54, 1.807) is 47.0 Å². The minimum absolute atomic E-state index is 0.501. The Bertz CT molecular complexity index is 4530. The van der Waals surface area contributed by atoms with Gasteiger partial charge in [0, 0.05) is 68.7 Å². The average Bonchev–Trinajstić information content (AvgIpc) is 3.88. The molecule has 0 atom stereocenters. The molecule has 0 aliphatic heterocycles. The molecule has 0 radical (unpaired) electrons. The summed E-state index contributed by atoms with van der Waals surface area (Å²) in [5.41, 5.74) is 2.87. The minimum Gasteiger partial charge on any atom is -0.391 e. The van der Waals surface area contributed by atoms with Crippen molar-refractivity contribution in [2.45, 2.75) is 19.6 Å². The zero-order valence-electron chi connectivity index (χ0n) is 42.5. The first-order valence-electron chi connectivity index (χ1n) is 25.4. The summed E-state index contributed by atoms with van der Waals surface area (Å²) in [5.74, 6) is 1.00. The van der Waals surface area contributed by atoms with Crippen LogP contribution in [-0.2, 0) is 0 Å². The number of benzene rings is 13. The van der Waals surface area contributed by atoms with E-state index in [2.05, 4.69) is 195 Å². The molecular formula is C66H44O6P2S4. The van der Waals surface area contributed by atoms with Crippen LogP contribution in [0, 0.1) is 0 Å². The van der Waals surface area contributed by atoms with E-state index >= 15 is 0 Å². The first kappa shape index (κ1) is 47.9. The summed E-state index contributed by atoms with van der Waals surface area (Å²) in [5, 5.41) is 21.1. The summed E-state index contributed by atoms with van der Waals surface area (Å²) in [6.07, 6.45) is 8.45. The Balaban J connectivity index is 0.981. The topological polar surface area (TPSA) is 71.0 Å². The monoisotopic (exact) mass is 1120 g/mol. The van der Waals surface area contributed by atoms with Gasteiger partial charge in [0.25, 0.3) is 0 Å². The average molecular weight is 1120 g/mol. The molecule has 0 saturated heterocycles. The van der Waals surface area contributed by atoms with Gasteiger partial charge in [-0.05, 0) is 175 Å². The Morgan fingerprint density at radius 1 is 0.256 bits per heavy atom. The van der Waals surface area contributed by atoms with Crippen molar-refractivity contribution >= 4 is 194 Å². The predicted molar refractivity (Wildman–Crippen MR) is 338 cm³/mol. The molecule has 12 heteroatoms. The van der Waals surface area contributed by atoms with E-state index in [4.69, 9.17) is 25.8 Å². The van der Waals surface area contributed by atoms with E-state index < -0.39 is 16.5 Å². The van der Waals surface area contributed by atoms with Gasteiger partial charge in [0.05, 0.1) is 0 Å². The second kappa shape index (κ2) is 19.3. The van der Waals surface area contributed by atoms with Crippen LogP contribution in [0.15, 0.2) is 230 Å². The van der Waals surface area contributed by atoms with Gasteiger partial charge in [-0.15, -0.1) is 47.0 Å². The lowest BCUT2D eigenvalue weighted by atomic mass is 9.92. The SMILES string of the molecule is CSc1ccc2c(c1)c1ccccc1c1c2op(Oc2cccc(Op3oc4c5ccc(SC)cc5c5ccccc5c4c4c5ccccc5c5cc(SC)ccc5c4o3)c2)oc2c3ccc(SC)cc3c3ccccc3c21. The number of thioether (sulfide) groups is 4. The molecule has 0 N–H and O–H groups in total. The molecule has 0 aliphatic carbocycles. The molecule has 78 heavy (non-hydrogen) atoms. The van der Waals surface area contributed by atoms with Crippen molar-refractivity contribution < 1.29 is 25.8 Å². The van der Waals surface area contributed by atoms with Crippen molar-refractivity contribution in [3.8, 4) is 11.5 Å². The fourth-order valence-corrected chi connectivity index (χ4v) is 15.5. The van der Waals surface area contributed by atoms with Crippen molar-refractivity contribution in [3.63, 3.8) is 0 Å². The number of fused-ring (bicyclic) bond motifs is 26. The van der Waals surface area contributed by atoms with E-state index in [9.17, 15) is 0 Å². The van der Waals surface area contributed by atoms with Crippen LogP contribution in [0.1, 0.15) is 0 Å². The summed E-state index contributed by atoms with van der Waals surface area (Å²) in [4.78, 5) is 4.67. The highest BCUT2D eigenvalue weighted by molar-refractivity contribution is 7.99. The first-order chi connectivity index (χ1) is 38.5. The zero-order valence-corrected chi connectivity index (χ0v) is 47.5. The van der Waals surface area contributed by atoms with Gasteiger partial charge in [-0.3, -0.25) is 0 Å². The number of hydrogen-bond donors (Lipinski definition) is 0. The van der Waals surface area contributed by atoms with Crippen LogP contribution >= 0.6 is 63.5 Å². The highest BCUT2D eigenvalue weighted by atomic mass is 32.2. The van der Waals surface area contributed by atoms with E-state index in [-0.39, 0.29) is 0 Å². The molecule has 2 aromatic heterocycles. The molecule has 0 aliphatic rings. The molecule has 0 fully saturated rings. The Morgan fingerprint density at radius 2 is 0.513 bits per heavy atom. The third-order valence-corrected chi connectivity index (χ3v) is 20.0. The molecule has 0 unspecified atom stereocenters. The lowest BCUT2D eigenvalue weighted by Gasteiger charge is -2.12. The number of hydrogen-bond acceptors (Lipinski definition) is 10. The highest BCUT2D eigenvalue weighted by Gasteiger charge is 2.24. The maximum Gasteiger partial charge on any atom is 0.453 e. The summed E-state index contributed by atoms with van der Waals surface area (Å²) < 4.78 is 43.2. The molecule has 2 heterocycles. The Labute approximate surface area is 466 Å². The third kappa shape index (κ3) is 7.67. The van der Waals surface area contributed by atoms with Crippen molar-refractivity contribution in [3.05, 3.63) is 194 Å². The molecule has 6 nitrogen and oxygen atoms in total. The second-order valence-corrected chi connectivity index (χ2v) is 24.6. The Kier molecular flexibility index (Phi) is 11.8. The van der Waals surface area contributed by atoms with Crippen molar-refractivity contribution in [1.82, 2.24) is 0 Å². The Hall–Kier alpha value is -7.26. The molecular weight excluding hydrogens is 1080 g/mol. The summed E-state index contributed by atoms with van der Waals surface area (Å²) in [6, 6.07) is 68.6. The maximum atomic E-state index is 7.27. The summed E-state index contributed by atoms with van der Waals surface area (Å²) in [7, 11) is -4.28. The second-order valence-electron chi connectivity index (χ2n) is 19.1. The van der Waals surface area contributed by atoms with Gasteiger partial charge in [-0.25, -0.2) is 0 Å². The standard InChI is InChI=1S/C66H44O6P2S4/c1-75-39-24-28-51-55(33-39)43-16-5-9-20-47(43)59-60-48-21-10-6-17-44(48)56-34-40(76-2)25-29-52(56)64(60)70-73(69-63(51)59)67-37-14-13-15-38(32-37)68-74-71-65-53-30-26-41(77-3)35-57(53)45-18-7-11-22-49(45)61(65)62-50-23-12-8-19-46(50)58-36-42(78-4)27-31-54(58)66(62)72-74/h5-36H,1-4H3. The van der Waals surface area contributed by atoms with E-state index in [0.717, 1.165) is 108 Å². The first-order valence-corrected chi connectivity index (χ1v) is 32.4. The normalized spacial score (nSPS) is 12.1. The van der Waals surface area contributed by atoms with Gasteiger partial charge in [-0.1, -0.05) is 103 Å². The van der Waals surface area contributed by atoms with Gasteiger partial charge in [0.15, 0.2) is 22.3 Å². The largest absolute Gasteiger partial charge is 0.453 e. The summed E-state index contributed by atoms with van der Waals surface area (Å²) in [6.45, 7) is 0. The molecule has 15 rings (SSSR count). The third-order valence-electron chi connectivity index (χ3n) is 15.1. The van der Waals surface area contributed by atoms with Crippen LogP contribution in [0.2, 0.25) is 0 Å². The Morgan fingerprint density at radius 3 is 0.769 bits per heavy atom. The van der Waals surface area contributed by atoms with Crippen LogP contribution in [-0.4, -0.2) is 25.0 Å². The van der Waals surface area contributed by atoms with Gasteiger partial charge in [0.1, 0.15) is 11.5 Å². The van der Waals surface area contributed by atoms with Crippen molar-refractivity contribution in [2.75, 3.05) is 25.0 Å². The highest BCUT2D eigenvalue weighted by Crippen LogP contribution is 2.51. The molecule has 13 aromatic carbocycles.